The second kappa shape index (κ2) is 4.98. The SMILES string of the molecule is CF.Cc1cc(C)cc(C(F)(F)F)c1. The standard InChI is InChI=1S/C9H9F3.CH3F/c1-6-3-7(2)5-8(4-6)9(10,11)12;1-2/h3-5H,1-2H3;1H3. The average molecular weight is 208 g/mol. The summed E-state index contributed by atoms with van der Waals surface area (Å²) in [4.78, 5) is 0. The number of benzene rings is 1. The Morgan fingerprint density at radius 1 is 0.857 bits per heavy atom. The van der Waals surface area contributed by atoms with Crippen LogP contribution in [0.5, 0.6) is 0 Å². The van der Waals surface area contributed by atoms with E-state index in [1.165, 1.54) is 0 Å². The topological polar surface area (TPSA) is 0 Å². The monoisotopic (exact) mass is 208 g/mol. The summed E-state index contributed by atoms with van der Waals surface area (Å²) >= 11 is 0. The minimum Gasteiger partial charge on any atom is -0.255 e. The number of rotatable bonds is 0. The molecule has 1 rings (SSSR count). The largest absolute Gasteiger partial charge is 0.416 e. The molecule has 0 aliphatic heterocycles. The van der Waals surface area contributed by atoms with Gasteiger partial charge in [-0.3, -0.25) is 4.39 Å². The van der Waals surface area contributed by atoms with Gasteiger partial charge >= 0.3 is 6.18 Å². The fourth-order valence-corrected chi connectivity index (χ4v) is 1.14. The van der Waals surface area contributed by atoms with Crippen molar-refractivity contribution in [3.8, 4) is 0 Å². The van der Waals surface area contributed by atoms with Crippen LogP contribution in [0.15, 0.2) is 18.2 Å². The molecule has 14 heavy (non-hydrogen) atoms. The normalized spacial score (nSPS) is 10.5. The first-order valence-corrected chi connectivity index (χ1v) is 3.93. The van der Waals surface area contributed by atoms with E-state index in [1.807, 2.05) is 0 Å². The van der Waals surface area contributed by atoms with E-state index in [-0.39, 0.29) is 0 Å². The van der Waals surface area contributed by atoms with Gasteiger partial charge in [0.2, 0.25) is 0 Å². The van der Waals surface area contributed by atoms with Crippen molar-refractivity contribution in [2.24, 2.45) is 0 Å². The van der Waals surface area contributed by atoms with Crippen molar-refractivity contribution in [3.63, 3.8) is 0 Å². The summed E-state index contributed by atoms with van der Waals surface area (Å²) in [6.45, 7) is 3.31. The van der Waals surface area contributed by atoms with Crippen molar-refractivity contribution in [2.75, 3.05) is 7.18 Å². The molecule has 0 aromatic heterocycles. The van der Waals surface area contributed by atoms with Crippen molar-refractivity contribution in [1.82, 2.24) is 0 Å². The van der Waals surface area contributed by atoms with Crippen molar-refractivity contribution >= 4 is 0 Å². The van der Waals surface area contributed by atoms with Gasteiger partial charge in [-0.2, -0.15) is 13.2 Å². The van der Waals surface area contributed by atoms with E-state index in [9.17, 15) is 17.6 Å². The smallest absolute Gasteiger partial charge is 0.255 e. The van der Waals surface area contributed by atoms with Crippen LogP contribution >= 0.6 is 0 Å². The molecule has 1 aromatic carbocycles. The minimum atomic E-state index is -4.23. The quantitative estimate of drug-likeness (QED) is 0.567. The highest BCUT2D eigenvalue weighted by Crippen LogP contribution is 2.30. The van der Waals surface area contributed by atoms with Crippen LogP contribution < -0.4 is 0 Å². The van der Waals surface area contributed by atoms with Gasteiger partial charge in [-0.15, -0.1) is 0 Å². The van der Waals surface area contributed by atoms with Crippen LogP contribution in [0.1, 0.15) is 16.7 Å². The molecule has 0 heterocycles. The molecule has 0 saturated heterocycles. The summed E-state index contributed by atoms with van der Waals surface area (Å²) < 4.78 is 45.9. The Morgan fingerprint density at radius 3 is 1.50 bits per heavy atom. The van der Waals surface area contributed by atoms with Crippen molar-refractivity contribution in [3.05, 3.63) is 34.9 Å². The first kappa shape index (κ1) is 12.9. The van der Waals surface area contributed by atoms with Gasteiger partial charge in [0.1, 0.15) is 0 Å². The molecular formula is C10H12F4. The molecule has 0 nitrogen and oxygen atoms in total. The Balaban J connectivity index is 0.000000791. The third-order valence-electron chi connectivity index (χ3n) is 1.55. The van der Waals surface area contributed by atoms with Crippen LogP contribution in [0.3, 0.4) is 0 Å². The molecule has 1 aromatic rings. The van der Waals surface area contributed by atoms with E-state index in [2.05, 4.69) is 0 Å². The Hall–Kier alpha value is -1.06. The third kappa shape index (κ3) is 3.77. The molecule has 80 valence electrons. The average Bonchev–Trinajstić information content (AvgIpc) is 2.04. The van der Waals surface area contributed by atoms with E-state index in [0.717, 1.165) is 12.1 Å². The van der Waals surface area contributed by atoms with Crippen molar-refractivity contribution < 1.29 is 17.6 Å². The van der Waals surface area contributed by atoms with Crippen LogP contribution in [0.25, 0.3) is 0 Å². The molecule has 0 bridgehead atoms. The molecule has 0 unspecified atom stereocenters. The van der Waals surface area contributed by atoms with Crippen LogP contribution in [0, 0.1) is 13.8 Å². The Morgan fingerprint density at radius 2 is 1.21 bits per heavy atom. The van der Waals surface area contributed by atoms with Gasteiger partial charge in [0.25, 0.3) is 0 Å². The van der Waals surface area contributed by atoms with Gasteiger partial charge in [-0.1, -0.05) is 17.2 Å². The molecule has 4 heteroatoms. The lowest BCUT2D eigenvalue weighted by Gasteiger charge is -2.08. The molecule has 0 spiro atoms. The number of hydrogen-bond acceptors (Lipinski definition) is 0. The van der Waals surface area contributed by atoms with E-state index in [0.29, 0.717) is 18.3 Å². The highest BCUT2D eigenvalue weighted by atomic mass is 19.4. The third-order valence-corrected chi connectivity index (χ3v) is 1.55. The van der Waals surface area contributed by atoms with E-state index in [1.54, 1.807) is 19.9 Å². The van der Waals surface area contributed by atoms with Crippen LogP contribution in [-0.4, -0.2) is 7.18 Å². The van der Waals surface area contributed by atoms with Gasteiger partial charge in [0, 0.05) is 0 Å². The zero-order chi connectivity index (χ0) is 11.4. The molecular weight excluding hydrogens is 196 g/mol. The maximum Gasteiger partial charge on any atom is 0.416 e. The molecule has 0 N–H and O–H groups in total. The predicted molar refractivity (Wildman–Crippen MR) is 48.0 cm³/mol. The molecule has 0 fully saturated rings. The predicted octanol–water partition coefficient (Wildman–Crippen LogP) is 3.91. The fraction of sp³-hybridized carbons (Fsp3) is 0.400. The number of hydrogen-bond donors (Lipinski definition) is 0. The van der Waals surface area contributed by atoms with E-state index < -0.39 is 11.7 Å². The van der Waals surface area contributed by atoms with Gasteiger partial charge in [-0.05, 0) is 26.0 Å². The first-order chi connectivity index (χ1) is 6.39. The summed E-state index contributed by atoms with van der Waals surface area (Å²) in [6, 6.07) is 4.01. The van der Waals surface area contributed by atoms with Gasteiger partial charge in [0.15, 0.2) is 0 Å². The minimum absolute atomic E-state index is 0.500. The number of alkyl halides is 4. The fourth-order valence-electron chi connectivity index (χ4n) is 1.14. The lowest BCUT2D eigenvalue weighted by atomic mass is 10.1. The van der Waals surface area contributed by atoms with Crippen molar-refractivity contribution in [1.29, 1.82) is 0 Å². The summed E-state index contributed by atoms with van der Waals surface area (Å²) in [7, 11) is 0.500. The Labute approximate surface area is 80.6 Å². The van der Waals surface area contributed by atoms with Crippen LogP contribution in [0.2, 0.25) is 0 Å². The van der Waals surface area contributed by atoms with E-state index >= 15 is 0 Å². The zero-order valence-electron chi connectivity index (χ0n) is 8.24. The van der Waals surface area contributed by atoms with Gasteiger partial charge in [-0.25, -0.2) is 0 Å². The van der Waals surface area contributed by atoms with E-state index in [4.69, 9.17) is 0 Å². The maximum absolute atomic E-state index is 12.1. The summed E-state index contributed by atoms with van der Waals surface area (Å²) in [5.74, 6) is 0. The molecule has 0 radical (unpaired) electrons. The lowest BCUT2D eigenvalue weighted by Crippen LogP contribution is -2.05. The van der Waals surface area contributed by atoms with Crippen LogP contribution in [-0.2, 0) is 6.18 Å². The molecule has 0 aliphatic rings. The first-order valence-electron chi connectivity index (χ1n) is 3.93. The zero-order valence-corrected chi connectivity index (χ0v) is 8.24. The Bertz CT molecular complexity index is 268. The lowest BCUT2D eigenvalue weighted by molar-refractivity contribution is -0.137. The van der Waals surface area contributed by atoms with Crippen LogP contribution in [0.4, 0.5) is 17.6 Å². The molecule has 0 amide bonds. The summed E-state index contributed by atoms with van der Waals surface area (Å²) in [6.07, 6.45) is -4.23. The molecule has 0 saturated carbocycles. The van der Waals surface area contributed by atoms with Gasteiger partial charge < -0.3 is 0 Å². The summed E-state index contributed by atoms with van der Waals surface area (Å²) in [5, 5.41) is 0. The highest BCUT2D eigenvalue weighted by molar-refractivity contribution is 5.30. The van der Waals surface area contributed by atoms with Gasteiger partial charge in [0.05, 0.1) is 12.7 Å². The molecule has 0 atom stereocenters. The van der Waals surface area contributed by atoms with Crippen molar-refractivity contribution in [2.45, 2.75) is 20.0 Å². The molecule has 0 aliphatic carbocycles. The number of halogens is 4. The second-order valence-electron chi connectivity index (χ2n) is 2.87. The Kier molecular flexibility index (Phi) is 4.60. The number of aryl methyl sites for hydroxylation is 2. The second-order valence-corrected chi connectivity index (χ2v) is 2.87. The highest BCUT2D eigenvalue weighted by Gasteiger charge is 2.30. The maximum atomic E-state index is 12.1. The summed E-state index contributed by atoms with van der Waals surface area (Å²) in [5.41, 5.74) is 0.713.